The van der Waals surface area contributed by atoms with Gasteiger partial charge in [-0.3, -0.25) is 9.52 Å². The molecule has 0 spiro atoms. The summed E-state index contributed by atoms with van der Waals surface area (Å²) in [4.78, 5) is 14.3. The Kier molecular flexibility index (Phi) is 4.71. The first-order valence-electron chi connectivity index (χ1n) is 8.11. The quantitative estimate of drug-likeness (QED) is 0.883. The molecule has 0 bridgehead atoms. The minimum atomic E-state index is -3.77. The second kappa shape index (κ2) is 6.79. The molecule has 2 aromatic rings. The van der Waals surface area contributed by atoms with Gasteiger partial charge in [-0.25, -0.2) is 8.42 Å². The topological polar surface area (TPSA) is 80.6 Å². The number of ether oxygens (including phenoxy) is 1. The number of carbonyl (C=O) groups excluding carboxylic acids is 1. The van der Waals surface area contributed by atoms with Crippen molar-refractivity contribution in [3.8, 4) is 5.75 Å². The summed E-state index contributed by atoms with van der Waals surface area (Å²) >= 11 is 0. The van der Waals surface area contributed by atoms with Gasteiger partial charge < -0.3 is 14.2 Å². The number of fused-ring (bicyclic) bond motifs is 1. The third kappa shape index (κ3) is 3.48. The van der Waals surface area contributed by atoms with Crippen molar-refractivity contribution in [1.29, 1.82) is 0 Å². The zero-order chi connectivity index (χ0) is 18.0. The second-order valence-electron chi connectivity index (χ2n) is 5.83. The van der Waals surface area contributed by atoms with Gasteiger partial charge >= 0.3 is 0 Å². The molecule has 1 N–H and O–H groups in total. The van der Waals surface area contributed by atoms with Gasteiger partial charge in [0.05, 0.1) is 7.11 Å². The summed E-state index contributed by atoms with van der Waals surface area (Å²) < 4.78 is 34.6. The highest BCUT2D eigenvalue weighted by Crippen LogP contribution is 2.23. The van der Waals surface area contributed by atoms with Gasteiger partial charge in [-0.2, -0.15) is 0 Å². The van der Waals surface area contributed by atoms with Crippen LogP contribution in [0.3, 0.4) is 0 Å². The summed E-state index contributed by atoms with van der Waals surface area (Å²) in [5.74, 6) is 0.509. The molecule has 0 radical (unpaired) electrons. The van der Waals surface area contributed by atoms with Crippen LogP contribution < -0.4 is 9.46 Å². The highest BCUT2D eigenvalue weighted by molar-refractivity contribution is 7.92. The Bertz CT molecular complexity index is 872. The number of benzene rings is 1. The Labute approximate surface area is 147 Å². The number of hydrogen-bond donors (Lipinski definition) is 1. The zero-order valence-electron chi connectivity index (χ0n) is 14.2. The van der Waals surface area contributed by atoms with Gasteiger partial charge in [-0.1, -0.05) is 0 Å². The van der Waals surface area contributed by atoms with Gasteiger partial charge in [0, 0.05) is 31.5 Å². The van der Waals surface area contributed by atoms with Crippen LogP contribution in [0.4, 0.5) is 5.69 Å². The van der Waals surface area contributed by atoms with Crippen LogP contribution in [0.15, 0.2) is 41.4 Å². The van der Waals surface area contributed by atoms with E-state index in [4.69, 9.17) is 4.74 Å². The van der Waals surface area contributed by atoms with Crippen molar-refractivity contribution in [3.63, 3.8) is 0 Å². The molecule has 134 valence electrons. The van der Waals surface area contributed by atoms with Crippen LogP contribution in [0.25, 0.3) is 0 Å². The highest BCUT2D eigenvalue weighted by Gasteiger charge is 2.26. The number of nitrogens with one attached hydrogen (secondary N) is 1. The first kappa shape index (κ1) is 17.3. The largest absolute Gasteiger partial charge is 0.497 e. The molecule has 0 fully saturated rings. The molecule has 7 nitrogen and oxygen atoms in total. The lowest BCUT2D eigenvalue weighted by Gasteiger charge is -2.17. The molecule has 1 aliphatic heterocycles. The predicted octanol–water partition coefficient (Wildman–Crippen LogP) is 2.16. The molecule has 1 aliphatic rings. The molecule has 0 saturated heterocycles. The maximum absolute atomic E-state index is 12.6. The van der Waals surface area contributed by atoms with Crippen LogP contribution in [0.5, 0.6) is 5.75 Å². The average Bonchev–Trinajstić information content (AvgIpc) is 2.98. The fraction of sp³-hybridized carbons (Fsp3) is 0.353. The smallest absolute Gasteiger partial charge is 0.270 e. The maximum atomic E-state index is 12.6. The zero-order valence-corrected chi connectivity index (χ0v) is 15.0. The normalized spacial score (nSPS) is 14.8. The molecule has 0 aliphatic carbocycles. The van der Waals surface area contributed by atoms with Crippen LogP contribution in [0.1, 0.15) is 23.8 Å². The van der Waals surface area contributed by atoms with E-state index in [9.17, 15) is 13.2 Å². The van der Waals surface area contributed by atoms with Crippen LogP contribution in [-0.4, -0.2) is 44.0 Å². The van der Waals surface area contributed by atoms with Crippen LogP contribution >= 0.6 is 0 Å². The number of aryl methyl sites for hydroxylation is 1. The number of anilines is 1. The summed E-state index contributed by atoms with van der Waals surface area (Å²) in [6, 6.07) is 8.05. The Balaban J connectivity index is 1.88. The molecule has 1 aromatic carbocycles. The first-order valence-corrected chi connectivity index (χ1v) is 9.59. The molecule has 8 heteroatoms. The Hall–Kier alpha value is -2.48. The second-order valence-corrected chi connectivity index (χ2v) is 7.51. The van der Waals surface area contributed by atoms with Gasteiger partial charge in [0.15, 0.2) is 0 Å². The van der Waals surface area contributed by atoms with E-state index in [1.807, 2.05) is 6.92 Å². The minimum Gasteiger partial charge on any atom is -0.497 e. The van der Waals surface area contributed by atoms with E-state index in [0.717, 1.165) is 6.42 Å². The highest BCUT2D eigenvalue weighted by atomic mass is 32.2. The predicted molar refractivity (Wildman–Crippen MR) is 94.4 cm³/mol. The number of methoxy groups -OCH3 is 1. The lowest BCUT2D eigenvalue weighted by atomic mass is 10.3. The fourth-order valence-corrected chi connectivity index (χ4v) is 3.96. The van der Waals surface area contributed by atoms with Gasteiger partial charge in [0.1, 0.15) is 16.3 Å². The summed E-state index contributed by atoms with van der Waals surface area (Å²) in [5, 5.41) is 0. The maximum Gasteiger partial charge on any atom is 0.270 e. The molecule has 1 aromatic heterocycles. The van der Waals surface area contributed by atoms with Gasteiger partial charge in [-0.15, -0.1) is 0 Å². The summed E-state index contributed by atoms with van der Waals surface area (Å²) in [5.41, 5.74) is 0.846. The number of carbonyl (C=O) groups is 1. The van der Waals surface area contributed by atoms with Crippen LogP contribution in [0, 0.1) is 0 Å². The van der Waals surface area contributed by atoms with Crippen molar-refractivity contribution in [2.45, 2.75) is 24.8 Å². The SMILES string of the molecule is CCN1CCCn2cc(S(=O)(=O)Nc3ccc(OC)cc3)cc2C1=O. The van der Waals surface area contributed by atoms with E-state index >= 15 is 0 Å². The molecular formula is C17H21N3O4S. The molecule has 0 atom stereocenters. The molecular weight excluding hydrogens is 342 g/mol. The Morgan fingerprint density at radius 1 is 1.20 bits per heavy atom. The van der Waals surface area contributed by atoms with Crippen molar-refractivity contribution in [2.24, 2.45) is 0 Å². The monoisotopic (exact) mass is 363 g/mol. The third-order valence-electron chi connectivity index (χ3n) is 4.24. The number of amides is 1. The summed E-state index contributed by atoms with van der Waals surface area (Å²) in [6.07, 6.45) is 2.32. The van der Waals surface area contributed by atoms with Gasteiger partial charge in [0.25, 0.3) is 15.9 Å². The molecule has 1 amide bonds. The van der Waals surface area contributed by atoms with Crippen LogP contribution in [0.2, 0.25) is 0 Å². The van der Waals surface area contributed by atoms with Gasteiger partial charge in [-0.05, 0) is 43.7 Å². The van der Waals surface area contributed by atoms with Gasteiger partial charge in [0.2, 0.25) is 0 Å². The van der Waals surface area contributed by atoms with Crippen molar-refractivity contribution < 1.29 is 17.9 Å². The Morgan fingerprint density at radius 2 is 1.92 bits per heavy atom. The van der Waals surface area contributed by atoms with E-state index in [2.05, 4.69) is 4.72 Å². The first-order chi connectivity index (χ1) is 11.9. The number of hydrogen-bond acceptors (Lipinski definition) is 4. The minimum absolute atomic E-state index is 0.0876. The van der Waals surface area contributed by atoms with Crippen molar-refractivity contribution in [3.05, 3.63) is 42.2 Å². The number of sulfonamides is 1. The molecule has 2 heterocycles. The summed E-state index contributed by atoms with van der Waals surface area (Å²) in [7, 11) is -2.22. The van der Waals surface area contributed by atoms with Crippen molar-refractivity contribution in [2.75, 3.05) is 24.9 Å². The number of nitrogens with zero attached hydrogens (tertiary/aromatic N) is 2. The molecule has 3 rings (SSSR count). The lowest BCUT2D eigenvalue weighted by Crippen LogP contribution is -2.30. The molecule has 0 saturated carbocycles. The van der Waals surface area contributed by atoms with Crippen molar-refractivity contribution in [1.82, 2.24) is 9.47 Å². The van der Waals surface area contributed by atoms with E-state index in [1.54, 1.807) is 40.8 Å². The lowest BCUT2D eigenvalue weighted by molar-refractivity contribution is 0.0766. The third-order valence-corrected chi connectivity index (χ3v) is 5.59. The van der Waals surface area contributed by atoms with E-state index in [1.165, 1.54) is 12.3 Å². The molecule has 0 unspecified atom stereocenters. The fourth-order valence-electron chi connectivity index (χ4n) is 2.86. The van der Waals surface area contributed by atoms with E-state index < -0.39 is 10.0 Å². The number of rotatable bonds is 5. The van der Waals surface area contributed by atoms with Crippen molar-refractivity contribution >= 4 is 21.6 Å². The van der Waals surface area contributed by atoms with E-state index in [0.29, 0.717) is 36.8 Å². The standard InChI is InChI=1S/C17H21N3O4S/c1-3-19-9-4-10-20-12-15(11-16(20)17(19)21)25(22,23)18-13-5-7-14(24-2)8-6-13/h5-8,11-12,18H,3-4,9-10H2,1-2H3. The molecule has 25 heavy (non-hydrogen) atoms. The van der Waals surface area contributed by atoms with Crippen LogP contribution in [-0.2, 0) is 16.6 Å². The van der Waals surface area contributed by atoms with E-state index in [-0.39, 0.29) is 10.8 Å². The Morgan fingerprint density at radius 3 is 2.56 bits per heavy atom. The average molecular weight is 363 g/mol. The summed E-state index contributed by atoms with van der Waals surface area (Å²) in [6.45, 7) is 3.83. The number of aromatic nitrogens is 1.